The van der Waals surface area contributed by atoms with E-state index in [1.807, 2.05) is 26.1 Å². The summed E-state index contributed by atoms with van der Waals surface area (Å²) >= 11 is 0. The molecule has 18 heavy (non-hydrogen) atoms. The number of hydrogen-bond acceptors (Lipinski definition) is 2. The maximum absolute atomic E-state index is 11.9. The zero-order valence-electron chi connectivity index (χ0n) is 10.8. The van der Waals surface area contributed by atoms with Crippen molar-refractivity contribution in [2.75, 3.05) is 6.54 Å². The molecule has 0 aliphatic heterocycles. The van der Waals surface area contributed by atoms with E-state index in [0.29, 0.717) is 6.42 Å². The maximum Gasteiger partial charge on any atom is 0.315 e. The zero-order chi connectivity index (χ0) is 14.3. The average molecular weight is 266 g/mol. The minimum absolute atomic E-state index is 0.171. The first-order valence-corrected chi connectivity index (χ1v) is 5.64. The number of carboxylic acid groups (broad SMARTS) is 1. The fourth-order valence-corrected chi connectivity index (χ4v) is 1.53. The molecule has 0 bridgehead atoms. The predicted molar refractivity (Wildman–Crippen MR) is 62.7 cm³/mol. The van der Waals surface area contributed by atoms with Crippen molar-refractivity contribution in [3.8, 4) is 0 Å². The van der Waals surface area contributed by atoms with Gasteiger partial charge in [0.05, 0.1) is 13.0 Å². The largest absolute Gasteiger partial charge is 0.481 e. The Kier molecular flexibility index (Phi) is 6.57. The summed E-state index contributed by atoms with van der Waals surface area (Å²) in [7, 11) is 0. The molecular formula is C11H20F2N2O3. The molecule has 0 saturated carbocycles. The molecule has 1 atom stereocenters. The number of carbonyl (C=O) groups excluding carboxylic acids is 1. The van der Waals surface area contributed by atoms with E-state index in [1.165, 1.54) is 0 Å². The van der Waals surface area contributed by atoms with Crippen LogP contribution in [0.2, 0.25) is 0 Å². The highest BCUT2D eigenvalue weighted by Gasteiger charge is 2.22. The minimum Gasteiger partial charge on any atom is -0.481 e. The summed E-state index contributed by atoms with van der Waals surface area (Å²) in [4.78, 5) is 21.9. The van der Waals surface area contributed by atoms with Crippen LogP contribution in [0.4, 0.5) is 13.6 Å². The number of rotatable bonds is 6. The van der Waals surface area contributed by atoms with Crippen LogP contribution < -0.4 is 10.6 Å². The Morgan fingerprint density at radius 1 is 1.28 bits per heavy atom. The smallest absolute Gasteiger partial charge is 0.315 e. The maximum atomic E-state index is 11.9. The number of carboxylic acids is 1. The molecule has 0 spiro atoms. The van der Waals surface area contributed by atoms with E-state index < -0.39 is 31.0 Å². The van der Waals surface area contributed by atoms with Crippen molar-refractivity contribution in [3.63, 3.8) is 0 Å². The summed E-state index contributed by atoms with van der Waals surface area (Å²) in [6.07, 6.45) is -2.42. The third-order valence-electron chi connectivity index (χ3n) is 2.03. The fourth-order valence-electron chi connectivity index (χ4n) is 1.53. The average Bonchev–Trinajstić information content (AvgIpc) is 2.10. The van der Waals surface area contributed by atoms with Crippen molar-refractivity contribution >= 4 is 12.0 Å². The number of urea groups is 1. The Bertz CT molecular complexity index is 291. The van der Waals surface area contributed by atoms with E-state index in [1.54, 1.807) is 0 Å². The van der Waals surface area contributed by atoms with Gasteiger partial charge in [-0.1, -0.05) is 20.8 Å². The van der Waals surface area contributed by atoms with Crippen molar-refractivity contribution in [2.45, 2.75) is 46.1 Å². The molecule has 106 valence electrons. The molecule has 3 N–H and O–H groups in total. The minimum atomic E-state index is -2.63. The number of aliphatic carboxylic acids is 1. The molecule has 0 aromatic heterocycles. The molecule has 5 nitrogen and oxygen atoms in total. The molecule has 1 unspecified atom stereocenters. The van der Waals surface area contributed by atoms with Gasteiger partial charge in [0.2, 0.25) is 0 Å². The number of hydrogen-bond donors (Lipinski definition) is 3. The number of carbonyl (C=O) groups is 2. The van der Waals surface area contributed by atoms with Gasteiger partial charge in [-0.2, -0.15) is 0 Å². The van der Waals surface area contributed by atoms with Crippen molar-refractivity contribution in [1.29, 1.82) is 0 Å². The van der Waals surface area contributed by atoms with Gasteiger partial charge in [-0.25, -0.2) is 13.6 Å². The monoisotopic (exact) mass is 266 g/mol. The molecule has 0 aliphatic rings. The van der Waals surface area contributed by atoms with Gasteiger partial charge >= 0.3 is 12.0 Å². The summed E-state index contributed by atoms with van der Waals surface area (Å²) in [6.45, 7) is 4.96. The number of halogens is 2. The van der Waals surface area contributed by atoms with Gasteiger partial charge in [0, 0.05) is 6.04 Å². The highest BCUT2D eigenvalue weighted by Crippen LogP contribution is 2.22. The molecule has 0 rings (SSSR count). The van der Waals surface area contributed by atoms with Gasteiger partial charge in [-0.15, -0.1) is 0 Å². The van der Waals surface area contributed by atoms with Crippen molar-refractivity contribution < 1.29 is 23.5 Å². The predicted octanol–water partition coefficient (Wildman–Crippen LogP) is 1.83. The van der Waals surface area contributed by atoms with Crippen molar-refractivity contribution in [2.24, 2.45) is 5.41 Å². The van der Waals surface area contributed by atoms with E-state index in [-0.39, 0.29) is 11.8 Å². The van der Waals surface area contributed by atoms with Crippen LogP contribution in [0.5, 0.6) is 0 Å². The first kappa shape index (κ1) is 16.6. The molecule has 0 heterocycles. The van der Waals surface area contributed by atoms with E-state index in [9.17, 15) is 18.4 Å². The van der Waals surface area contributed by atoms with Crippen LogP contribution in [0.15, 0.2) is 0 Å². The lowest BCUT2D eigenvalue weighted by Crippen LogP contribution is -2.45. The summed E-state index contributed by atoms with van der Waals surface area (Å²) in [5, 5.41) is 13.1. The summed E-state index contributed by atoms with van der Waals surface area (Å²) in [5.74, 6) is -1.04. The molecule has 0 aromatic carbocycles. The summed E-state index contributed by atoms with van der Waals surface area (Å²) in [5.41, 5.74) is -0.171. The van der Waals surface area contributed by atoms with E-state index in [2.05, 4.69) is 5.32 Å². The Morgan fingerprint density at radius 3 is 2.22 bits per heavy atom. The third kappa shape index (κ3) is 9.80. The van der Waals surface area contributed by atoms with Crippen molar-refractivity contribution in [3.05, 3.63) is 0 Å². The normalized spacial score (nSPS) is 13.2. The lowest BCUT2D eigenvalue weighted by molar-refractivity contribution is -0.137. The first-order valence-electron chi connectivity index (χ1n) is 5.64. The highest BCUT2D eigenvalue weighted by molar-refractivity contribution is 5.75. The Balaban J connectivity index is 4.31. The van der Waals surface area contributed by atoms with Gasteiger partial charge in [-0.05, 0) is 11.8 Å². The van der Waals surface area contributed by atoms with Gasteiger partial charge in [0.25, 0.3) is 6.43 Å². The van der Waals surface area contributed by atoms with E-state index in [4.69, 9.17) is 5.11 Å². The van der Waals surface area contributed by atoms with Gasteiger partial charge in [0.1, 0.15) is 0 Å². The SMILES string of the molecule is CC(C)(C)CC(CC(=O)O)NC(=O)NCC(F)F. The van der Waals surface area contributed by atoms with Crippen LogP contribution in [-0.4, -0.2) is 36.1 Å². The number of nitrogens with one attached hydrogen (secondary N) is 2. The molecule has 0 radical (unpaired) electrons. The van der Waals surface area contributed by atoms with E-state index in [0.717, 1.165) is 0 Å². The first-order chi connectivity index (χ1) is 8.10. The molecule has 0 fully saturated rings. The lowest BCUT2D eigenvalue weighted by atomic mass is 9.87. The van der Waals surface area contributed by atoms with E-state index >= 15 is 0 Å². The quantitative estimate of drug-likeness (QED) is 0.686. The summed E-state index contributed by atoms with van der Waals surface area (Å²) < 4.78 is 23.8. The second kappa shape index (κ2) is 7.13. The highest BCUT2D eigenvalue weighted by atomic mass is 19.3. The van der Waals surface area contributed by atoms with Crippen molar-refractivity contribution in [1.82, 2.24) is 10.6 Å². The molecule has 0 saturated heterocycles. The Hall–Kier alpha value is -1.40. The lowest BCUT2D eigenvalue weighted by Gasteiger charge is -2.25. The molecule has 7 heteroatoms. The van der Waals surface area contributed by atoms with Crippen LogP contribution in [-0.2, 0) is 4.79 Å². The Morgan fingerprint density at radius 2 is 1.83 bits per heavy atom. The molecule has 0 aromatic rings. The van der Waals surface area contributed by atoms with Crippen LogP contribution >= 0.6 is 0 Å². The van der Waals surface area contributed by atoms with Gasteiger partial charge in [0.15, 0.2) is 0 Å². The molecule has 0 aliphatic carbocycles. The van der Waals surface area contributed by atoms with Crippen LogP contribution in [0, 0.1) is 5.41 Å². The topological polar surface area (TPSA) is 78.4 Å². The summed E-state index contributed by atoms with van der Waals surface area (Å²) in [6, 6.07) is -1.36. The zero-order valence-corrected chi connectivity index (χ0v) is 10.8. The van der Waals surface area contributed by atoms with Crippen LogP contribution in [0.3, 0.4) is 0 Å². The standard InChI is InChI=1S/C11H20F2N2O3/c1-11(2,3)5-7(4-9(16)17)15-10(18)14-6-8(12)13/h7-8H,4-6H2,1-3H3,(H,16,17)(H2,14,15,18). The molecule has 2 amide bonds. The van der Waals surface area contributed by atoms with Gasteiger partial charge in [-0.3, -0.25) is 4.79 Å². The second-order valence-corrected chi connectivity index (χ2v) is 5.31. The fraction of sp³-hybridized carbons (Fsp3) is 0.818. The Labute approximate surface area is 105 Å². The number of amides is 2. The third-order valence-corrected chi connectivity index (χ3v) is 2.03. The number of alkyl halides is 2. The van der Waals surface area contributed by atoms with Crippen LogP contribution in [0.25, 0.3) is 0 Å². The van der Waals surface area contributed by atoms with Gasteiger partial charge < -0.3 is 15.7 Å². The molecular weight excluding hydrogens is 246 g/mol. The second-order valence-electron chi connectivity index (χ2n) is 5.31. The van der Waals surface area contributed by atoms with Crippen LogP contribution in [0.1, 0.15) is 33.6 Å².